The van der Waals surface area contributed by atoms with E-state index in [1.54, 1.807) is 6.08 Å². The predicted molar refractivity (Wildman–Crippen MR) is 80.1 cm³/mol. The molecule has 0 saturated carbocycles. The van der Waals surface area contributed by atoms with Gasteiger partial charge in [0.2, 0.25) is 0 Å². The molecule has 6 heteroatoms. The average Bonchev–Trinajstić information content (AvgIpc) is 2.33. The van der Waals surface area contributed by atoms with E-state index in [0.717, 1.165) is 6.07 Å². The van der Waals surface area contributed by atoms with Crippen LogP contribution in [0.3, 0.4) is 0 Å². The molecule has 0 unspecified atom stereocenters. The predicted octanol–water partition coefficient (Wildman–Crippen LogP) is 4.89. The molecular weight excluding hydrogens is 347 g/mol. The minimum atomic E-state index is -4.51. The number of amides is 1. The second-order valence-electron chi connectivity index (χ2n) is 5.57. The van der Waals surface area contributed by atoms with Crippen molar-refractivity contribution < 1.29 is 18.0 Å². The standard InChI is InChI=1S/C15H17BrF3NO/c1-5-8-20(14(2,3)4)13(21)10-6-7-12(16)11(9-10)15(17,18)19/h5-7,9H,1,8H2,2-4H3. The monoisotopic (exact) mass is 363 g/mol. The first-order chi connectivity index (χ1) is 9.48. The molecule has 0 aliphatic carbocycles. The summed E-state index contributed by atoms with van der Waals surface area (Å²) >= 11 is 2.86. The lowest BCUT2D eigenvalue weighted by Gasteiger charge is -2.35. The average molecular weight is 364 g/mol. The Labute approximate surface area is 130 Å². The van der Waals surface area contributed by atoms with Crippen molar-refractivity contribution in [1.82, 2.24) is 4.90 Å². The Morgan fingerprint density at radius 1 is 1.33 bits per heavy atom. The van der Waals surface area contributed by atoms with Crippen LogP contribution in [-0.4, -0.2) is 22.9 Å². The molecule has 2 nitrogen and oxygen atoms in total. The molecule has 0 heterocycles. The molecule has 0 fully saturated rings. The lowest BCUT2D eigenvalue weighted by atomic mass is 10.0. The third-order valence-electron chi connectivity index (χ3n) is 2.89. The zero-order chi connectivity index (χ0) is 16.4. The number of carbonyl (C=O) groups excluding carboxylic acids is 1. The van der Waals surface area contributed by atoms with Crippen LogP contribution in [0.25, 0.3) is 0 Å². The van der Waals surface area contributed by atoms with Crippen molar-refractivity contribution in [3.63, 3.8) is 0 Å². The summed E-state index contributed by atoms with van der Waals surface area (Å²) in [4.78, 5) is 13.9. The van der Waals surface area contributed by atoms with Crippen LogP contribution in [0.1, 0.15) is 36.7 Å². The zero-order valence-electron chi connectivity index (χ0n) is 12.1. The zero-order valence-corrected chi connectivity index (χ0v) is 13.7. The molecule has 0 N–H and O–H groups in total. The van der Waals surface area contributed by atoms with E-state index in [1.807, 2.05) is 20.8 Å². The number of hydrogen-bond acceptors (Lipinski definition) is 1. The van der Waals surface area contributed by atoms with Gasteiger partial charge in [-0.3, -0.25) is 4.79 Å². The maximum atomic E-state index is 12.9. The van der Waals surface area contributed by atoms with Gasteiger partial charge in [-0.1, -0.05) is 22.0 Å². The summed E-state index contributed by atoms with van der Waals surface area (Å²) in [5.41, 5.74) is -1.38. The quantitative estimate of drug-likeness (QED) is 0.699. The van der Waals surface area contributed by atoms with Crippen LogP contribution in [0.15, 0.2) is 35.3 Å². The van der Waals surface area contributed by atoms with Crippen LogP contribution >= 0.6 is 15.9 Å². The van der Waals surface area contributed by atoms with Gasteiger partial charge in [0.25, 0.3) is 5.91 Å². The highest BCUT2D eigenvalue weighted by Gasteiger charge is 2.34. The van der Waals surface area contributed by atoms with Gasteiger partial charge in [0.1, 0.15) is 0 Å². The van der Waals surface area contributed by atoms with Gasteiger partial charge < -0.3 is 4.90 Å². The van der Waals surface area contributed by atoms with Crippen molar-refractivity contribution in [2.45, 2.75) is 32.5 Å². The van der Waals surface area contributed by atoms with Crippen LogP contribution in [0.4, 0.5) is 13.2 Å². The van der Waals surface area contributed by atoms with Gasteiger partial charge in [0.05, 0.1) is 5.56 Å². The summed E-state index contributed by atoms with van der Waals surface area (Å²) < 4.78 is 38.6. The molecule has 0 saturated heterocycles. The number of halogens is 4. The van der Waals surface area contributed by atoms with Crippen molar-refractivity contribution in [3.05, 3.63) is 46.5 Å². The molecule has 0 aliphatic rings. The number of hydrogen-bond donors (Lipinski definition) is 0. The van der Waals surface area contributed by atoms with Gasteiger partial charge in [-0.05, 0) is 39.0 Å². The lowest BCUT2D eigenvalue weighted by Crippen LogP contribution is -2.45. The third-order valence-corrected chi connectivity index (χ3v) is 3.58. The van der Waals surface area contributed by atoms with E-state index in [0.29, 0.717) is 0 Å². The highest BCUT2D eigenvalue weighted by Crippen LogP contribution is 2.35. The summed E-state index contributed by atoms with van der Waals surface area (Å²) in [7, 11) is 0. The van der Waals surface area contributed by atoms with Crippen molar-refractivity contribution in [3.8, 4) is 0 Å². The molecule has 1 aromatic carbocycles. The molecule has 0 spiro atoms. The Morgan fingerprint density at radius 3 is 2.33 bits per heavy atom. The fraction of sp³-hybridized carbons (Fsp3) is 0.400. The van der Waals surface area contributed by atoms with Gasteiger partial charge in [-0.2, -0.15) is 13.2 Å². The van der Waals surface area contributed by atoms with Gasteiger partial charge >= 0.3 is 6.18 Å². The first-order valence-electron chi connectivity index (χ1n) is 6.28. The first-order valence-corrected chi connectivity index (χ1v) is 7.07. The van der Waals surface area contributed by atoms with E-state index in [1.165, 1.54) is 17.0 Å². The summed E-state index contributed by atoms with van der Waals surface area (Å²) in [6, 6.07) is 3.49. The van der Waals surface area contributed by atoms with Crippen molar-refractivity contribution in [2.75, 3.05) is 6.54 Å². The van der Waals surface area contributed by atoms with E-state index < -0.39 is 23.2 Å². The van der Waals surface area contributed by atoms with E-state index in [2.05, 4.69) is 22.5 Å². The van der Waals surface area contributed by atoms with E-state index in [4.69, 9.17) is 0 Å². The van der Waals surface area contributed by atoms with Crippen LogP contribution in [0.2, 0.25) is 0 Å². The van der Waals surface area contributed by atoms with Gasteiger partial charge in [0, 0.05) is 22.1 Å². The summed E-state index contributed by atoms with van der Waals surface area (Å²) in [6.45, 7) is 9.30. The van der Waals surface area contributed by atoms with E-state index in [9.17, 15) is 18.0 Å². The summed E-state index contributed by atoms with van der Waals surface area (Å²) in [5, 5.41) is 0. The molecule has 0 aromatic heterocycles. The van der Waals surface area contributed by atoms with Gasteiger partial charge in [-0.25, -0.2) is 0 Å². The Bertz CT molecular complexity index is 547. The third kappa shape index (κ3) is 4.33. The fourth-order valence-electron chi connectivity index (χ4n) is 1.82. The maximum Gasteiger partial charge on any atom is 0.417 e. The molecule has 0 atom stereocenters. The van der Waals surface area contributed by atoms with Gasteiger partial charge in [-0.15, -0.1) is 6.58 Å². The fourth-order valence-corrected chi connectivity index (χ4v) is 2.29. The smallest absolute Gasteiger partial charge is 0.330 e. The number of nitrogens with zero attached hydrogens (tertiary/aromatic N) is 1. The highest BCUT2D eigenvalue weighted by molar-refractivity contribution is 9.10. The Morgan fingerprint density at radius 2 is 1.90 bits per heavy atom. The molecule has 1 aromatic rings. The molecule has 1 amide bonds. The second-order valence-corrected chi connectivity index (χ2v) is 6.42. The molecule has 0 radical (unpaired) electrons. The number of carbonyl (C=O) groups is 1. The molecule has 0 aliphatic heterocycles. The normalized spacial score (nSPS) is 12.1. The molecule has 1 rings (SSSR count). The van der Waals surface area contributed by atoms with Crippen molar-refractivity contribution in [1.29, 1.82) is 0 Å². The van der Waals surface area contributed by atoms with Crippen LogP contribution in [-0.2, 0) is 6.18 Å². The first kappa shape index (κ1) is 17.8. The summed E-state index contributed by atoms with van der Waals surface area (Å²) in [6.07, 6.45) is -2.97. The Hall–Kier alpha value is -1.30. The number of alkyl halides is 3. The lowest BCUT2D eigenvalue weighted by molar-refractivity contribution is -0.138. The topological polar surface area (TPSA) is 20.3 Å². The van der Waals surface area contributed by atoms with Crippen LogP contribution in [0.5, 0.6) is 0 Å². The Kier molecular flexibility index (Phi) is 5.25. The van der Waals surface area contributed by atoms with E-state index >= 15 is 0 Å². The second kappa shape index (κ2) is 6.22. The van der Waals surface area contributed by atoms with Crippen LogP contribution < -0.4 is 0 Å². The SMILES string of the molecule is C=CCN(C(=O)c1ccc(Br)c(C(F)(F)F)c1)C(C)(C)C. The minimum Gasteiger partial charge on any atom is -0.330 e. The molecular formula is C15H17BrF3NO. The molecule has 0 bridgehead atoms. The number of benzene rings is 1. The Balaban J connectivity index is 3.27. The molecule has 116 valence electrons. The maximum absolute atomic E-state index is 12.9. The van der Waals surface area contributed by atoms with Crippen molar-refractivity contribution >= 4 is 21.8 Å². The van der Waals surface area contributed by atoms with Crippen LogP contribution in [0, 0.1) is 0 Å². The van der Waals surface area contributed by atoms with Gasteiger partial charge in [0.15, 0.2) is 0 Å². The largest absolute Gasteiger partial charge is 0.417 e. The highest BCUT2D eigenvalue weighted by atomic mass is 79.9. The summed E-state index contributed by atoms with van der Waals surface area (Å²) in [5.74, 6) is -0.458. The van der Waals surface area contributed by atoms with E-state index in [-0.39, 0.29) is 16.6 Å². The minimum absolute atomic E-state index is 0.00213. The number of rotatable bonds is 3. The molecule has 21 heavy (non-hydrogen) atoms. The van der Waals surface area contributed by atoms with Crippen molar-refractivity contribution in [2.24, 2.45) is 0 Å².